The van der Waals surface area contributed by atoms with E-state index in [2.05, 4.69) is 67.6 Å². The van der Waals surface area contributed by atoms with E-state index in [1.54, 1.807) is 6.20 Å². The van der Waals surface area contributed by atoms with Gasteiger partial charge in [0, 0.05) is 48.3 Å². The number of hydrogen-bond acceptors (Lipinski definition) is 4. The van der Waals surface area contributed by atoms with Crippen LogP contribution >= 0.6 is 0 Å². The Labute approximate surface area is 358 Å². The first-order valence-corrected chi connectivity index (χ1v) is 19.5. The van der Waals surface area contributed by atoms with E-state index in [-0.39, 0.29) is 37.5 Å². The van der Waals surface area contributed by atoms with Crippen molar-refractivity contribution < 1.29 is 42.1 Å². The third-order valence-corrected chi connectivity index (χ3v) is 10.5. The van der Waals surface area contributed by atoms with Gasteiger partial charge in [-0.1, -0.05) is 118 Å². The molecule has 0 fully saturated rings. The van der Waals surface area contributed by atoms with Crippen molar-refractivity contribution in [3.8, 4) is 39.7 Å². The van der Waals surface area contributed by atoms with Crippen molar-refractivity contribution in [2.45, 2.75) is 45.7 Å². The predicted octanol–water partition coefficient (Wildman–Crippen LogP) is 14.6. The average Bonchev–Trinajstić information content (AvgIpc) is 3.97. The fraction of sp³-hybridized carbons (Fsp3) is 0.137. The SMILES string of the molecule is CC(C)c1cccc(C(C)C)c1-n1c(-c2[c-]c3cc(-c4ccccc4)oc3c3c2oc2cc(C(F)(F)F)ccc23)nc2ccccc21.[Ir].[c-]1ccccc1-c1ccccn1. The zero-order valence-corrected chi connectivity index (χ0v) is 35.5. The van der Waals surface area contributed by atoms with E-state index in [4.69, 9.17) is 13.8 Å². The molecule has 0 amide bonds. The van der Waals surface area contributed by atoms with Crippen LogP contribution in [0.25, 0.3) is 83.6 Å². The maximum Gasteiger partial charge on any atom is 0.416 e. The number of alkyl halides is 3. The van der Waals surface area contributed by atoms with Gasteiger partial charge in [0.1, 0.15) is 5.58 Å². The number of nitrogens with zero attached hydrogens (tertiary/aromatic N) is 3. The second kappa shape index (κ2) is 16.4. The van der Waals surface area contributed by atoms with Gasteiger partial charge in [-0.25, -0.2) is 0 Å². The van der Waals surface area contributed by atoms with Crippen molar-refractivity contribution in [1.29, 1.82) is 0 Å². The standard InChI is InChI=1S/C40H30F3N2O2.C11H8N.Ir/c1-22(2)27-13-10-14-28(23(3)4)36(27)45-32-16-9-8-15-31(32)44-39(45)30-19-25-20-33(24-11-6-5-7-12-24)46-37(25)35-29-18-17-26(40(41,42)43)21-34(29)47-38(30)35;1-2-6-10(7-3-1)11-8-4-5-9-12-11;/h5-18,20-23H,1-4H3;1-6,8-9H;/q2*-1;. The summed E-state index contributed by atoms with van der Waals surface area (Å²) in [5.41, 5.74) is 8.67. The van der Waals surface area contributed by atoms with Crippen LogP contribution in [0.1, 0.15) is 56.2 Å². The minimum atomic E-state index is -4.52. The molecule has 0 aliphatic rings. The van der Waals surface area contributed by atoms with Crippen molar-refractivity contribution in [2.75, 3.05) is 0 Å². The maximum absolute atomic E-state index is 13.8. The zero-order valence-electron chi connectivity index (χ0n) is 33.1. The Morgan fingerprint density at radius 1 is 0.700 bits per heavy atom. The van der Waals surface area contributed by atoms with Crippen LogP contribution in [0.5, 0.6) is 0 Å². The molecule has 0 N–H and O–H groups in total. The molecule has 60 heavy (non-hydrogen) atoms. The van der Waals surface area contributed by atoms with Crippen LogP contribution in [0, 0.1) is 12.1 Å². The molecule has 1 radical (unpaired) electrons. The summed E-state index contributed by atoms with van der Waals surface area (Å²) in [7, 11) is 0. The number of furan rings is 2. The molecule has 0 saturated carbocycles. The average molecular weight is 974 g/mol. The number of benzene rings is 6. The van der Waals surface area contributed by atoms with Crippen LogP contribution in [0.15, 0.2) is 155 Å². The number of pyridine rings is 1. The molecule has 0 atom stereocenters. The van der Waals surface area contributed by atoms with Crippen LogP contribution in [0.3, 0.4) is 0 Å². The Kier molecular flexibility index (Phi) is 11.1. The van der Waals surface area contributed by atoms with Crippen LogP contribution in [-0.4, -0.2) is 14.5 Å². The Hall–Kier alpha value is -6.28. The van der Waals surface area contributed by atoms with Gasteiger partial charge < -0.3 is 18.4 Å². The minimum absolute atomic E-state index is 0. The van der Waals surface area contributed by atoms with Crippen molar-refractivity contribution in [3.63, 3.8) is 0 Å². The number of halogens is 3. The summed E-state index contributed by atoms with van der Waals surface area (Å²) >= 11 is 0. The van der Waals surface area contributed by atoms with Gasteiger partial charge >= 0.3 is 6.18 Å². The Morgan fingerprint density at radius 2 is 1.42 bits per heavy atom. The number of aromatic nitrogens is 3. The van der Waals surface area contributed by atoms with Crippen LogP contribution in [0.2, 0.25) is 0 Å². The third kappa shape index (κ3) is 7.44. The molecular weight excluding hydrogens is 936 g/mol. The van der Waals surface area contributed by atoms with E-state index < -0.39 is 11.7 Å². The molecule has 4 heterocycles. The first kappa shape index (κ1) is 40.5. The number of imidazole rings is 1. The number of fused-ring (bicyclic) bond motifs is 6. The molecule has 0 spiro atoms. The van der Waals surface area contributed by atoms with Gasteiger partial charge in [0.05, 0.1) is 39.3 Å². The fourth-order valence-corrected chi connectivity index (χ4v) is 7.70. The first-order chi connectivity index (χ1) is 28.6. The Balaban J connectivity index is 0.000000329. The number of rotatable bonds is 6. The molecular formula is C51H38F3IrN3O2-2. The van der Waals surface area contributed by atoms with E-state index in [9.17, 15) is 13.2 Å². The van der Waals surface area contributed by atoms with Gasteiger partial charge in [-0.05, 0) is 64.6 Å². The van der Waals surface area contributed by atoms with E-state index in [1.165, 1.54) is 6.07 Å². The van der Waals surface area contributed by atoms with Crippen molar-refractivity contribution >= 4 is 43.9 Å². The van der Waals surface area contributed by atoms with Gasteiger partial charge in [-0.2, -0.15) is 13.2 Å². The molecule has 10 rings (SSSR count). The largest absolute Gasteiger partial charge is 0.499 e. The quantitative estimate of drug-likeness (QED) is 0.156. The number of hydrogen-bond donors (Lipinski definition) is 0. The fourth-order valence-electron chi connectivity index (χ4n) is 7.70. The van der Waals surface area contributed by atoms with Crippen molar-refractivity contribution in [1.82, 2.24) is 14.5 Å². The van der Waals surface area contributed by atoms with Crippen LogP contribution in [0.4, 0.5) is 13.2 Å². The molecule has 0 aliphatic carbocycles. The van der Waals surface area contributed by atoms with Gasteiger partial charge in [-0.15, -0.1) is 42.0 Å². The maximum atomic E-state index is 13.8. The summed E-state index contributed by atoms with van der Waals surface area (Å²) in [6.07, 6.45) is -2.74. The second-order valence-corrected chi connectivity index (χ2v) is 15.1. The molecule has 0 saturated heterocycles. The topological polar surface area (TPSA) is 57.0 Å². The third-order valence-electron chi connectivity index (χ3n) is 10.5. The van der Waals surface area contributed by atoms with E-state index in [0.717, 1.165) is 56.8 Å². The smallest absolute Gasteiger partial charge is 0.416 e. The minimum Gasteiger partial charge on any atom is -0.499 e. The summed E-state index contributed by atoms with van der Waals surface area (Å²) < 4.78 is 56.6. The molecule has 301 valence electrons. The van der Waals surface area contributed by atoms with Gasteiger partial charge in [0.25, 0.3) is 0 Å². The molecule has 10 aromatic rings. The summed E-state index contributed by atoms with van der Waals surface area (Å²) in [4.78, 5) is 9.39. The van der Waals surface area contributed by atoms with Crippen LogP contribution < -0.4 is 0 Å². The second-order valence-electron chi connectivity index (χ2n) is 15.1. The summed E-state index contributed by atoms with van der Waals surface area (Å²) in [6, 6.07) is 49.9. The summed E-state index contributed by atoms with van der Waals surface area (Å²) in [6.45, 7) is 8.69. The predicted molar refractivity (Wildman–Crippen MR) is 230 cm³/mol. The van der Waals surface area contributed by atoms with Gasteiger partial charge in [0.15, 0.2) is 0 Å². The molecule has 0 unspecified atom stereocenters. The van der Waals surface area contributed by atoms with E-state index in [1.807, 2.05) is 103 Å². The van der Waals surface area contributed by atoms with E-state index in [0.29, 0.717) is 44.5 Å². The zero-order chi connectivity index (χ0) is 40.8. The summed E-state index contributed by atoms with van der Waals surface area (Å²) in [5.74, 6) is 1.62. The molecule has 5 nitrogen and oxygen atoms in total. The van der Waals surface area contributed by atoms with Crippen molar-refractivity contribution in [2.24, 2.45) is 0 Å². The molecule has 0 aliphatic heterocycles. The molecule has 0 bridgehead atoms. The monoisotopic (exact) mass is 974 g/mol. The van der Waals surface area contributed by atoms with E-state index >= 15 is 0 Å². The van der Waals surface area contributed by atoms with Crippen molar-refractivity contribution in [3.05, 3.63) is 175 Å². The Morgan fingerprint density at radius 3 is 2.10 bits per heavy atom. The van der Waals surface area contributed by atoms with Crippen LogP contribution in [-0.2, 0) is 26.3 Å². The molecule has 4 aromatic heterocycles. The normalized spacial score (nSPS) is 11.8. The van der Waals surface area contributed by atoms with Gasteiger partial charge in [0.2, 0.25) is 0 Å². The Bertz CT molecular complexity index is 3030. The first-order valence-electron chi connectivity index (χ1n) is 19.5. The summed E-state index contributed by atoms with van der Waals surface area (Å²) in [5, 5.41) is 1.78. The molecule has 6 aromatic carbocycles. The van der Waals surface area contributed by atoms with Gasteiger partial charge in [-0.3, -0.25) is 4.98 Å². The molecule has 9 heteroatoms. The number of para-hydroxylation sites is 3.